The van der Waals surface area contributed by atoms with Gasteiger partial charge in [-0.15, -0.1) is 0 Å². The van der Waals surface area contributed by atoms with Gasteiger partial charge in [0.2, 0.25) is 0 Å². The number of hydrogen-bond donors (Lipinski definition) is 1. The molecule has 2 aliphatic heterocycles. The lowest BCUT2D eigenvalue weighted by molar-refractivity contribution is 0.0811. The Labute approximate surface area is 101 Å². The fourth-order valence-corrected chi connectivity index (χ4v) is 3.99. The van der Waals surface area contributed by atoms with Crippen LogP contribution < -0.4 is 5.32 Å². The van der Waals surface area contributed by atoms with E-state index in [1.165, 1.54) is 38.9 Å². The van der Waals surface area contributed by atoms with Crippen LogP contribution in [0.5, 0.6) is 0 Å². The summed E-state index contributed by atoms with van der Waals surface area (Å²) in [7, 11) is 0. The Morgan fingerprint density at radius 3 is 2.62 bits per heavy atom. The number of rotatable bonds is 4. The van der Waals surface area contributed by atoms with Gasteiger partial charge in [-0.3, -0.25) is 4.90 Å². The molecule has 16 heavy (non-hydrogen) atoms. The van der Waals surface area contributed by atoms with Crippen molar-refractivity contribution in [1.29, 1.82) is 0 Å². The summed E-state index contributed by atoms with van der Waals surface area (Å²) in [6, 6.07) is 0.811. The second-order valence-electron chi connectivity index (χ2n) is 6.18. The van der Waals surface area contributed by atoms with Crippen LogP contribution in [0.3, 0.4) is 0 Å². The van der Waals surface area contributed by atoms with Crippen molar-refractivity contribution in [3.63, 3.8) is 0 Å². The predicted octanol–water partition coefficient (Wildman–Crippen LogP) is 2.49. The molecule has 1 N–H and O–H groups in total. The number of likely N-dealkylation sites (tertiary alicyclic amines) is 1. The van der Waals surface area contributed by atoms with Crippen LogP contribution in [-0.2, 0) is 0 Å². The van der Waals surface area contributed by atoms with Gasteiger partial charge in [-0.05, 0) is 45.1 Å². The molecule has 2 fully saturated rings. The van der Waals surface area contributed by atoms with E-state index >= 15 is 0 Å². The predicted molar refractivity (Wildman–Crippen MR) is 69.6 cm³/mol. The minimum atomic E-state index is 0.407. The van der Waals surface area contributed by atoms with Gasteiger partial charge in [0, 0.05) is 24.7 Å². The molecular weight excluding hydrogens is 196 g/mol. The summed E-state index contributed by atoms with van der Waals surface area (Å²) < 4.78 is 0. The van der Waals surface area contributed by atoms with E-state index in [1.807, 2.05) is 0 Å². The number of fused-ring (bicyclic) bond motifs is 1. The van der Waals surface area contributed by atoms with Crippen molar-refractivity contribution < 1.29 is 0 Å². The van der Waals surface area contributed by atoms with Crippen molar-refractivity contribution in [3.8, 4) is 0 Å². The lowest BCUT2D eigenvalue weighted by Gasteiger charge is -2.41. The molecule has 2 aliphatic rings. The van der Waals surface area contributed by atoms with Gasteiger partial charge in [0.15, 0.2) is 0 Å². The summed E-state index contributed by atoms with van der Waals surface area (Å²) in [5.41, 5.74) is 0.407. The van der Waals surface area contributed by atoms with E-state index in [9.17, 15) is 0 Å². The molecule has 0 amide bonds. The quantitative estimate of drug-likeness (QED) is 0.789. The third kappa shape index (κ3) is 1.91. The summed E-state index contributed by atoms with van der Waals surface area (Å²) in [6.45, 7) is 13.4. The highest BCUT2D eigenvalue weighted by Crippen LogP contribution is 2.42. The molecule has 2 heteroatoms. The van der Waals surface area contributed by atoms with E-state index in [0.29, 0.717) is 5.54 Å². The van der Waals surface area contributed by atoms with Crippen LogP contribution in [0.25, 0.3) is 0 Å². The smallest absolute Gasteiger partial charge is 0.0200 e. The topological polar surface area (TPSA) is 15.3 Å². The molecule has 0 saturated carbocycles. The molecule has 0 aromatic carbocycles. The Bertz CT molecular complexity index is 237. The normalized spacial score (nSPS) is 35.2. The van der Waals surface area contributed by atoms with E-state index in [2.05, 4.69) is 37.9 Å². The lowest BCUT2D eigenvalue weighted by atomic mass is 9.84. The first kappa shape index (κ1) is 12.4. The summed E-state index contributed by atoms with van der Waals surface area (Å²) >= 11 is 0. The zero-order valence-electron chi connectivity index (χ0n) is 11.4. The van der Waals surface area contributed by atoms with Crippen LogP contribution in [0, 0.1) is 11.8 Å². The molecule has 3 unspecified atom stereocenters. The summed E-state index contributed by atoms with van der Waals surface area (Å²) in [6.07, 6.45) is 4.00. The monoisotopic (exact) mass is 224 g/mol. The Balaban J connectivity index is 2.10. The Morgan fingerprint density at radius 1 is 1.31 bits per heavy atom. The number of nitrogens with one attached hydrogen (secondary N) is 1. The molecule has 0 aromatic rings. The van der Waals surface area contributed by atoms with Gasteiger partial charge in [-0.25, -0.2) is 0 Å². The zero-order chi connectivity index (χ0) is 11.8. The van der Waals surface area contributed by atoms with Gasteiger partial charge in [0.05, 0.1) is 0 Å². The number of hydrogen-bond acceptors (Lipinski definition) is 2. The van der Waals surface area contributed by atoms with E-state index in [-0.39, 0.29) is 0 Å². The molecule has 94 valence electrons. The fraction of sp³-hybridized carbons (Fsp3) is 1.00. The van der Waals surface area contributed by atoms with Crippen LogP contribution in [0.4, 0.5) is 0 Å². The van der Waals surface area contributed by atoms with Crippen LogP contribution in [0.2, 0.25) is 0 Å². The second kappa shape index (κ2) is 4.66. The molecule has 3 atom stereocenters. The van der Waals surface area contributed by atoms with Crippen molar-refractivity contribution in [3.05, 3.63) is 0 Å². The highest BCUT2D eigenvalue weighted by molar-refractivity contribution is 5.05. The van der Waals surface area contributed by atoms with Crippen LogP contribution in [-0.4, -0.2) is 36.1 Å². The van der Waals surface area contributed by atoms with Gasteiger partial charge in [-0.1, -0.05) is 20.3 Å². The van der Waals surface area contributed by atoms with Crippen molar-refractivity contribution in [1.82, 2.24) is 10.2 Å². The van der Waals surface area contributed by atoms with Crippen molar-refractivity contribution >= 4 is 0 Å². The molecule has 0 bridgehead atoms. The molecule has 2 nitrogen and oxygen atoms in total. The van der Waals surface area contributed by atoms with Gasteiger partial charge in [-0.2, -0.15) is 0 Å². The average molecular weight is 224 g/mol. The molecule has 0 aliphatic carbocycles. The van der Waals surface area contributed by atoms with Gasteiger partial charge in [0.1, 0.15) is 0 Å². The maximum atomic E-state index is 3.56. The maximum Gasteiger partial charge on any atom is 0.0200 e. The minimum absolute atomic E-state index is 0.407. The molecule has 2 saturated heterocycles. The second-order valence-corrected chi connectivity index (χ2v) is 6.18. The Hall–Kier alpha value is -0.0800. The van der Waals surface area contributed by atoms with E-state index in [4.69, 9.17) is 0 Å². The first-order valence-electron chi connectivity index (χ1n) is 7.08. The summed E-state index contributed by atoms with van der Waals surface area (Å²) in [5, 5.41) is 3.56. The molecule has 2 rings (SSSR count). The Morgan fingerprint density at radius 2 is 2.06 bits per heavy atom. The molecular formula is C14H28N2. The molecule has 0 aromatic heterocycles. The van der Waals surface area contributed by atoms with E-state index in [0.717, 1.165) is 17.9 Å². The highest BCUT2D eigenvalue weighted by atomic mass is 15.3. The summed E-state index contributed by atoms with van der Waals surface area (Å²) in [4.78, 5) is 2.81. The highest BCUT2D eigenvalue weighted by Gasteiger charge is 2.50. The van der Waals surface area contributed by atoms with Crippen molar-refractivity contribution in [2.45, 2.75) is 58.5 Å². The number of nitrogens with zero attached hydrogens (tertiary/aromatic N) is 1. The third-order valence-electron chi connectivity index (χ3n) is 4.95. The minimum Gasteiger partial charge on any atom is -0.316 e. The van der Waals surface area contributed by atoms with Crippen LogP contribution >= 0.6 is 0 Å². The standard InChI is InChI=1S/C14H28N2/c1-5-7-12(6-2)16-10-11-8-15-9-13(11)14(16,3)4/h11-13,15H,5-10H2,1-4H3. The SMILES string of the molecule is CCCC(CC)N1CC2CNCC2C1(C)C. The zero-order valence-corrected chi connectivity index (χ0v) is 11.4. The van der Waals surface area contributed by atoms with Crippen LogP contribution in [0.15, 0.2) is 0 Å². The fourth-order valence-electron chi connectivity index (χ4n) is 3.99. The van der Waals surface area contributed by atoms with Gasteiger partial charge >= 0.3 is 0 Å². The van der Waals surface area contributed by atoms with E-state index in [1.54, 1.807) is 0 Å². The molecule has 0 radical (unpaired) electrons. The lowest BCUT2D eigenvalue weighted by Crippen LogP contribution is -2.49. The third-order valence-corrected chi connectivity index (χ3v) is 4.95. The Kier molecular flexibility index (Phi) is 3.60. The molecule has 2 heterocycles. The van der Waals surface area contributed by atoms with Crippen molar-refractivity contribution in [2.75, 3.05) is 19.6 Å². The molecule has 0 spiro atoms. The largest absolute Gasteiger partial charge is 0.316 e. The van der Waals surface area contributed by atoms with Gasteiger partial charge in [0.25, 0.3) is 0 Å². The van der Waals surface area contributed by atoms with Crippen molar-refractivity contribution in [2.24, 2.45) is 11.8 Å². The van der Waals surface area contributed by atoms with Crippen LogP contribution in [0.1, 0.15) is 47.0 Å². The van der Waals surface area contributed by atoms with Gasteiger partial charge < -0.3 is 5.32 Å². The average Bonchev–Trinajstić information content (AvgIpc) is 2.78. The maximum absolute atomic E-state index is 3.56. The van der Waals surface area contributed by atoms with E-state index < -0.39 is 0 Å². The first-order valence-corrected chi connectivity index (χ1v) is 7.08. The first-order chi connectivity index (χ1) is 7.61. The summed E-state index contributed by atoms with van der Waals surface area (Å²) in [5.74, 6) is 1.78.